The van der Waals surface area contributed by atoms with Gasteiger partial charge in [-0.2, -0.15) is 22.0 Å². The molecule has 10 heteroatoms. The molecule has 0 radical (unpaired) electrons. The fraction of sp³-hybridized carbons (Fsp3) is 0.379. The van der Waals surface area contributed by atoms with Gasteiger partial charge >= 0.3 is 12.3 Å². The maximum absolute atomic E-state index is 14.9. The van der Waals surface area contributed by atoms with E-state index in [1.54, 1.807) is 0 Å². The molecule has 210 valence electrons. The second-order valence-electron chi connectivity index (χ2n) is 9.82. The van der Waals surface area contributed by atoms with Gasteiger partial charge in [0.2, 0.25) is 0 Å². The number of benzene rings is 3. The standard InChI is InChI=1S/C29H25F9O/c1-2-3-16-4-6-17(7-5-16)19-13-25(32)27(26(33)14-19)29(37,38)39-20-9-10-21(23(30)15-20)18-8-11-22(24(31)12-18)28(34,35)36/h8-17H,2-7H2,1H3. The predicted molar refractivity (Wildman–Crippen MR) is 127 cm³/mol. The molecule has 1 nitrogen and oxygen atoms in total. The third kappa shape index (κ3) is 6.36. The van der Waals surface area contributed by atoms with Gasteiger partial charge in [0, 0.05) is 11.6 Å². The summed E-state index contributed by atoms with van der Waals surface area (Å²) in [5, 5.41) is 0. The molecular weight excluding hydrogens is 535 g/mol. The van der Waals surface area contributed by atoms with Crippen molar-refractivity contribution >= 4 is 0 Å². The van der Waals surface area contributed by atoms with Crippen LogP contribution in [-0.4, -0.2) is 0 Å². The van der Waals surface area contributed by atoms with Crippen molar-refractivity contribution in [3.63, 3.8) is 0 Å². The molecule has 1 aliphatic rings. The van der Waals surface area contributed by atoms with E-state index in [1.807, 2.05) is 0 Å². The molecule has 0 N–H and O–H groups in total. The van der Waals surface area contributed by atoms with Crippen LogP contribution in [-0.2, 0) is 12.3 Å². The third-order valence-electron chi connectivity index (χ3n) is 7.14. The summed E-state index contributed by atoms with van der Waals surface area (Å²) in [7, 11) is 0. The lowest BCUT2D eigenvalue weighted by Gasteiger charge is -2.29. The monoisotopic (exact) mass is 560 g/mol. The molecule has 0 spiro atoms. The van der Waals surface area contributed by atoms with E-state index in [1.165, 1.54) is 0 Å². The largest absolute Gasteiger partial charge is 0.432 e. The molecule has 1 saturated carbocycles. The number of ether oxygens (including phenoxy) is 1. The second kappa shape index (κ2) is 11.1. The summed E-state index contributed by atoms with van der Waals surface area (Å²) < 4.78 is 131. The fourth-order valence-electron chi connectivity index (χ4n) is 5.20. The number of rotatable bonds is 7. The molecule has 0 unspecified atom stereocenters. The van der Waals surface area contributed by atoms with Gasteiger partial charge in [-0.05, 0) is 85.0 Å². The molecule has 0 atom stereocenters. The van der Waals surface area contributed by atoms with Crippen LogP contribution in [0.25, 0.3) is 11.1 Å². The first kappa shape index (κ1) is 28.8. The van der Waals surface area contributed by atoms with E-state index in [2.05, 4.69) is 11.7 Å². The van der Waals surface area contributed by atoms with Crippen LogP contribution < -0.4 is 4.74 Å². The van der Waals surface area contributed by atoms with Crippen molar-refractivity contribution in [1.29, 1.82) is 0 Å². The topological polar surface area (TPSA) is 9.23 Å². The summed E-state index contributed by atoms with van der Waals surface area (Å²) in [4.78, 5) is 0. The van der Waals surface area contributed by atoms with E-state index in [0.29, 0.717) is 42.5 Å². The van der Waals surface area contributed by atoms with E-state index in [4.69, 9.17) is 0 Å². The highest BCUT2D eigenvalue weighted by Crippen LogP contribution is 2.41. The Morgan fingerprint density at radius 2 is 1.38 bits per heavy atom. The van der Waals surface area contributed by atoms with Gasteiger partial charge in [0.05, 0.1) is 5.56 Å². The highest BCUT2D eigenvalue weighted by Gasteiger charge is 2.42. The molecule has 1 fully saturated rings. The van der Waals surface area contributed by atoms with Gasteiger partial charge in [-0.25, -0.2) is 17.6 Å². The molecule has 3 aromatic rings. The Hall–Kier alpha value is -3.17. The lowest BCUT2D eigenvalue weighted by Crippen LogP contribution is -2.25. The maximum atomic E-state index is 14.9. The summed E-state index contributed by atoms with van der Waals surface area (Å²) in [5.41, 5.74) is -3.56. The molecular formula is C29H25F9O. The lowest BCUT2D eigenvalue weighted by molar-refractivity contribution is -0.189. The molecule has 0 bridgehead atoms. The minimum Gasteiger partial charge on any atom is -0.429 e. The Balaban J connectivity index is 1.53. The highest BCUT2D eigenvalue weighted by atomic mass is 19.4. The first-order valence-corrected chi connectivity index (χ1v) is 12.5. The molecule has 0 amide bonds. The van der Waals surface area contributed by atoms with Gasteiger partial charge in [0.25, 0.3) is 0 Å². The highest BCUT2D eigenvalue weighted by molar-refractivity contribution is 5.65. The Labute approximate surface area is 219 Å². The molecule has 0 aliphatic heterocycles. The second-order valence-corrected chi connectivity index (χ2v) is 9.82. The number of alkyl halides is 5. The van der Waals surface area contributed by atoms with E-state index in [9.17, 15) is 39.5 Å². The van der Waals surface area contributed by atoms with Crippen LogP contribution in [0.3, 0.4) is 0 Å². The van der Waals surface area contributed by atoms with Crippen molar-refractivity contribution in [2.45, 2.75) is 63.7 Å². The molecule has 0 aromatic heterocycles. The van der Waals surface area contributed by atoms with Gasteiger partial charge in [0.1, 0.15) is 34.6 Å². The van der Waals surface area contributed by atoms with Crippen molar-refractivity contribution in [2.24, 2.45) is 5.92 Å². The zero-order chi connectivity index (χ0) is 28.5. The van der Waals surface area contributed by atoms with Gasteiger partial charge in [-0.15, -0.1) is 0 Å². The normalized spacial score (nSPS) is 18.3. The van der Waals surface area contributed by atoms with Crippen molar-refractivity contribution < 1.29 is 44.3 Å². The Morgan fingerprint density at radius 3 is 1.92 bits per heavy atom. The summed E-state index contributed by atoms with van der Waals surface area (Å²) in [6.07, 6.45) is -4.17. The average molecular weight is 560 g/mol. The van der Waals surface area contributed by atoms with Crippen molar-refractivity contribution in [2.75, 3.05) is 0 Å². The van der Waals surface area contributed by atoms with Gasteiger partial charge < -0.3 is 4.74 Å². The summed E-state index contributed by atoms with van der Waals surface area (Å²) >= 11 is 0. The van der Waals surface area contributed by atoms with E-state index < -0.39 is 58.0 Å². The van der Waals surface area contributed by atoms with Crippen LogP contribution in [0.2, 0.25) is 0 Å². The molecule has 0 heterocycles. The quantitative estimate of drug-likeness (QED) is 0.261. The van der Waals surface area contributed by atoms with E-state index >= 15 is 0 Å². The van der Waals surface area contributed by atoms with Crippen LogP contribution in [0, 0.1) is 29.2 Å². The summed E-state index contributed by atoms with van der Waals surface area (Å²) in [5.74, 6) is -6.27. The zero-order valence-corrected chi connectivity index (χ0v) is 20.8. The SMILES string of the molecule is CCCC1CCC(c2cc(F)c(C(F)(F)Oc3ccc(-c4ccc(C(F)(F)F)c(F)c4)c(F)c3)c(F)c2)CC1. The minimum absolute atomic E-state index is 0.151. The van der Waals surface area contributed by atoms with E-state index in [0.717, 1.165) is 56.0 Å². The third-order valence-corrected chi connectivity index (χ3v) is 7.14. The first-order chi connectivity index (χ1) is 18.3. The Kier molecular flexibility index (Phi) is 8.23. The molecule has 3 aromatic carbocycles. The van der Waals surface area contributed by atoms with Crippen molar-refractivity contribution in [3.05, 3.63) is 88.5 Å². The lowest BCUT2D eigenvalue weighted by atomic mass is 9.77. The Morgan fingerprint density at radius 1 is 0.744 bits per heavy atom. The molecule has 39 heavy (non-hydrogen) atoms. The molecule has 4 rings (SSSR count). The Bertz CT molecular complexity index is 1300. The van der Waals surface area contributed by atoms with Gasteiger partial charge in [-0.3, -0.25) is 0 Å². The van der Waals surface area contributed by atoms with Crippen molar-refractivity contribution in [1.82, 2.24) is 0 Å². The van der Waals surface area contributed by atoms with Crippen LogP contribution in [0.15, 0.2) is 48.5 Å². The average Bonchev–Trinajstić information content (AvgIpc) is 2.83. The molecule has 1 aliphatic carbocycles. The first-order valence-electron chi connectivity index (χ1n) is 12.5. The summed E-state index contributed by atoms with van der Waals surface area (Å²) in [6.45, 7) is 2.08. The number of hydrogen-bond donors (Lipinski definition) is 0. The molecule has 0 saturated heterocycles. The zero-order valence-electron chi connectivity index (χ0n) is 20.8. The van der Waals surface area contributed by atoms with Gasteiger partial charge in [0.15, 0.2) is 0 Å². The fourth-order valence-corrected chi connectivity index (χ4v) is 5.20. The predicted octanol–water partition coefficient (Wildman–Crippen LogP) is 10.1. The smallest absolute Gasteiger partial charge is 0.429 e. The van der Waals surface area contributed by atoms with E-state index in [-0.39, 0.29) is 11.5 Å². The van der Waals surface area contributed by atoms with Crippen LogP contribution in [0.5, 0.6) is 5.75 Å². The van der Waals surface area contributed by atoms with Crippen LogP contribution in [0.1, 0.15) is 68.1 Å². The summed E-state index contributed by atoms with van der Waals surface area (Å²) in [6, 6.07) is 5.65. The number of hydrogen-bond acceptors (Lipinski definition) is 1. The number of halogens is 9. The van der Waals surface area contributed by atoms with Crippen molar-refractivity contribution in [3.8, 4) is 16.9 Å². The van der Waals surface area contributed by atoms with Gasteiger partial charge in [-0.1, -0.05) is 25.8 Å². The minimum atomic E-state index is -4.96. The van der Waals surface area contributed by atoms with Crippen LogP contribution >= 0.6 is 0 Å². The maximum Gasteiger partial charge on any atom is 0.432 e. The van der Waals surface area contributed by atoms with Crippen LogP contribution in [0.4, 0.5) is 39.5 Å².